The van der Waals surface area contributed by atoms with Crippen molar-refractivity contribution in [3.63, 3.8) is 0 Å². The number of hydrogen-bond acceptors (Lipinski definition) is 2. The second-order valence-corrected chi connectivity index (χ2v) is 6.41. The first kappa shape index (κ1) is 15.9. The molecule has 1 amide bonds. The summed E-state index contributed by atoms with van der Waals surface area (Å²) in [5.41, 5.74) is 2.97. The van der Waals surface area contributed by atoms with Crippen molar-refractivity contribution in [2.24, 2.45) is 5.92 Å². The summed E-state index contributed by atoms with van der Waals surface area (Å²) >= 11 is 6.11. The highest BCUT2D eigenvalue weighted by Crippen LogP contribution is 2.26. The van der Waals surface area contributed by atoms with Crippen molar-refractivity contribution in [2.75, 3.05) is 23.3 Å². The third-order valence-corrected chi connectivity index (χ3v) is 4.92. The van der Waals surface area contributed by atoms with Gasteiger partial charge in [-0.15, -0.1) is 0 Å². The lowest BCUT2D eigenvalue weighted by molar-refractivity contribution is -0.120. The summed E-state index contributed by atoms with van der Waals surface area (Å²) in [7, 11) is 0. The first-order valence-electron chi connectivity index (χ1n) is 8.01. The average molecular weight is 329 g/mol. The Morgan fingerprint density at radius 2 is 1.78 bits per heavy atom. The molecule has 23 heavy (non-hydrogen) atoms. The summed E-state index contributed by atoms with van der Waals surface area (Å²) in [6, 6.07) is 16.0. The van der Waals surface area contributed by atoms with E-state index in [1.54, 1.807) is 0 Å². The van der Waals surface area contributed by atoms with Crippen LogP contribution in [0.3, 0.4) is 0 Å². The van der Waals surface area contributed by atoms with Crippen LogP contribution in [0.4, 0.5) is 11.4 Å². The number of hydrogen-bond donors (Lipinski definition) is 1. The van der Waals surface area contributed by atoms with Crippen molar-refractivity contribution in [1.82, 2.24) is 0 Å². The fourth-order valence-corrected chi connectivity index (χ4v) is 3.19. The Labute approximate surface area is 142 Å². The predicted octanol–water partition coefficient (Wildman–Crippen LogP) is 4.50. The maximum atomic E-state index is 12.5. The third-order valence-electron chi connectivity index (χ3n) is 4.51. The fourth-order valence-electron chi connectivity index (χ4n) is 3.02. The predicted molar refractivity (Wildman–Crippen MR) is 96.2 cm³/mol. The summed E-state index contributed by atoms with van der Waals surface area (Å²) < 4.78 is 0. The molecule has 3 nitrogen and oxygen atoms in total. The minimum atomic E-state index is 0.0633. The van der Waals surface area contributed by atoms with Crippen molar-refractivity contribution >= 4 is 28.9 Å². The molecule has 3 rings (SSSR count). The van der Waals surface area contributed by atoms with Crippen molar-refractivity contribution < 1.29 is 4.79 Å². The summed E-state index contributed by atoms with van der Waals surface area (Å²) in [5.74, 6) is 0.163. The van der Waals surface area contributed by atoms with E-state index in [1.807, 2.05) is 31.2 Å². The summed E-state index contributed by atoms with van der Waals surface area (Å²) in [6.07, 6.45) is 1.75. The van der Waals surface area contributed by atoms with E-state index in [0.717, 1.165) is 37.2 Å². The molecule has 0 bridgehead atoms. The highest BCUT2D eigenvalue weighted by atomic mass is 35.5. The number of nitrogens with one attached hydrogen (secondary N) is 1. The molecule has 0 radical (unpaired) electrons. The standard InChI is InChI=1S/C19H21ClN2O/c1-14-17(20)8-5-9-18(14)21-19(23)15-10-12-22(13-11-15)16-6-3-2-4-7-16/h2-9,15H,10-13H2,1H3,(H,21,23). The number of benzene rings is 2. The Kier molecular flexibility index (Phi) is 4.87. The molecule has 0 unspecified atom stereocenters. The van der Waals surface area contributed by atoms with Crippen LogP contribution >= 0.6 is 11.6 Å². The van der Waals surface area contributed by atoms with Crippen molar-refractivity contribution in [3.05, 3.63) is 59.1 Å². The molecule has 0 saturated carbocycles. The molecule has 1 fully saturated rings. The molecule has 2 aromatic carbocycles. The quantitative estimate of drug-likeness (QED) is 0.899. The van der Waals surface area contributed by atoms with E-state index in [9.17, 15) is 4.79 Å². The number of halogens is 1. The smallest absolute Gasteiger partial charge is 0.227 e. The average Bonchev–Trinajstić information content (AvgIpc) is 2.60. The number of para-hydroxylation sites is 1. The van der Waals surface area contributed by atoms with Crippen LogP contribution in [0.5, 0.6) is 0 Å². The number of anilines is 2. The monoisotopic (exact) mass is 328 g/mol. The van der Waals surface area contributed by atoms with E-state index in [0.29, 0.717) is 5.02 Å². The molecule has 0 atom stereocenters. The molecule has 0 aromatic heterocycles. The Balaban J connectivity index is 1.59. The topological polar surface area (TPSA) is 32.3 Å². The van der Waals surface area contributed by atoms with Crippen LogP contribution < -0.4 is 10.2 Å². The minimum absolute atomic E-state index is 0.0633. The van der Waals surface area contributed by atoms with Gasteiger partial charge in [-0.1, -0.05) is 35.9 Å². The second-order valence-electron chi connectivity index (χ2n) is 6.00. The molecule has 1 saturated heterocycles. The number of carbonyl (C=O) groups is 1. The molecule has 120 valence electrons. The molecular formula is C19H21ClN2O. The summed E-state index contributed by atoms with van der Waals surface area (Å²) in [6.45, 7) is 3.75. The SMILES string of the molecule is Cc1c(Cl)cccc1NC(=O)C1CCN(c2ccccc2)CC1. The van der Waals surface area contributed by atoms with Crippen LogP contribution in [-0.4, -0.2) is 19.0 Å². The molecule has 0 spiro atoms. The Morgan fingerprint density at radius 1 is 1.09 bits per heavy atom. The van der Waals surface area contributed by atoms with E-state index in [4.69, 9.17) is 11.6 Å². The van der Waals surface area contributed by atoms with Crippen LogP contribution in [0.1, 0.15) is 18.4 Å². The van der Waals surface area contributed by atoms with Gasteiger partial charge in [-0.25, -0.2) is 0 Å². The lowest BCUT2D eigenvalue weighted by atomic mass is 9.95. The first-order valence-corrected chi connectivity index (χ1v) is 8.39. The van der Waals surface area contributed by atoms with E-state index in [2.05, 4.69) is 34.5 Å². The van der Waals surface area contributed by atoms with Gasteiger partial charge in [0.15, 0.2) is 0 Å². The van der Waals surface area contributed by atoms with Crippen molar-refractivity contribution in [2.45, 2.75) is 19.8 Å². The van der Waals surface area contributed by atoms with Gasteiger partial charge in [-0.2, -0.15) is 0 Å². The maximum absolute atomic E-state index is 12.5. The van der Waals surface area contributed by atoms with Crippen LogP contribution in [0.2, 0.25) is 5.02 Å². The molecule has 0 aliphatic carbocycles. The maximum Gasteiger partial charge on any atom is 0.227 e. The van der Waals surface area contributed by atoms with Gasteiger partial charge in [0.2, 0.25) is 5.91 Å². The molecule has 4 heteroatoms. The first-order chi connectivity index (χ1) is 11.1. The van der Waals surface area contributed by atoms with Gasteiger partial charge >= 0.3 is 0 Å². The number of carbonyl (C=O) groups excluding carboxylic acids is 1. The summed E-state index contributed by atoms with van der Waals surface area (Å²) in [5, 5.41) is 3.72. The Hall–Kier alpha value is -2.00. The molecular weight excluding hydrogens is 308 g/mol. The van der Waals surface area contributed by atoms with Crippen LogP contribution in [0.25, 0.3) is 0 Å². The van der Waals surface area contributed by atoms with Crippen LogP contribution in [-0.2, 0) is 4.79 Å². The van der Waals surface area contributed by atoms with E-state index in [1.165, 1.54) is 5.69 Å². The van der Waals surface area contributed by atoms with Gasteiger partial charge in [0.1, 0.15) is 0 Å². The van der Waals surface area contributed by atoms with Crippen LogP contribution in [0, 0.1) is 12.8 Å². The van der Waals surface area contributed by atoms with Gasteiger partial charge in [0, 0.05) is 35.4 Å². The van der Waals surface area contributed by atoms with Crippen molar-refractivity contribution in [1.29, 1.82) is 0 Å². The van der Waals surface area contributed by atoms with E-state index < -0.39 is 0 Å². The number of nitrogens with zero attached hydrogens (tertiary/aromatic N) is 1. The van der Waals surface area contributed by atoms with Crippen molar-refractivity contribution in [3.8, 4) is 0 Å². The molecule has 1 heterocycles. The molecule has 2 aromatic rings. The fraction of sp³-hybridized carbons (Fsp3) is 0.316. The van der Waals surface area contributed by atoms with Gasteiger partial charge in [-0.05, 0) is 49.6 Å². The third kappa shape index (κ3) is 3.67. The summed E-state index contributed by atoms with van der Waals surface area (Å²) in [4.78, 5) is 14.8. The molecule has 1 aliphatic rings. The van der Waals surface area contributed by atoms with Gasteiger partial charge in [0.05, 0.1) is 0 Å². The number of amides is 1. The highest BCUT2D eigenvalue weighted by Gasteiger charge is 2.25. The minimum Gasteiger partial charge on any atom is -0.371 e. The van der Waals surface area contributed by atoms with E-state index >= 15 is 0 Å². The lowest BCUT2D eigenvalue weighted by Crippen LogP contribution is -2.38. The second kappa shape index (κ2) is 7.05. The number of rotatable bonds is 3. The zero-order valence-electron chi connectivity index (χ0n) is 13.3. The van der Waals surface area contributed by atoms with Gasteiger partial charge < -0.3 is 10.2 Å². The zero-order chi connectivity index (χ0) is 16.2. The van der Waals surface area contributed by atoms with Gasteiger partial charge in [0.25, 0.3) is 0 Å². The Morgan fingerprint density at radius 3 is 2.48 bits per heavy atom. The number of piperidine rings is 1. The largest absolute Gasteiger partial charge is 0.371 e. The molecule has 1 N–H and O–H groups in total. The van der Waals surface area contributed by atoms with E-state index in [-0.39, 0.29) is 11.8 Å². The Bertz CT molecular complexity index is 679. The zero-order valence-corrected chi connectivity index (χ0v) is 14.0. The molecule has 1 aliphatic heterocycles. The highest BCUT2D eigenvalue weighted by molar-refractivity contribution is 6.31. The normalized spacial score (nSPS) is 15.5. The van der Waals surface area contributed by atoms with Gasteiger partial charge in [-0.3, -0.25) is 4.79 Å². The van der Waals surface area contributed by atoms with Crippen LogP contribution in [0.15, 0.2) is 48.5 Å². The lowest BCUT2D eigenvalue weighted by Gasteiger charge is -2.33.